The molecule has 1 aromatic heterocycles. The van der Waals surface area contributed by atoms with Crippen LogP contribution in [0.25, 0.3) is 0 Å². The van der Waals surface area contributed by atoms with Crippen molar-refractivity contribution in [2.45, 2.75) is 39.5 Å². The van der Waals surface area contributed by atoms with Gasteiger partial charge in [0.1, 0.15) is 11.3 Å². The second-order valence-electron chi connectivity index (χ2n) is 6.13. The second-order valence-corrected chi connectivity index (χ2v) is 6.13. The van der Waals surface area contributed by atoms with Crippen LogP contribution in [-0.2, 0) is 4.79 Å². The highest BCUT2D eigenvalue weighted by Gasteiger charge is 2.43. The summed E-state index contributed by atoms with van der Waals surface area (Å²) in [6.45, 7) is 5.62. The van der Waals surface area contributed by atoms with E-state index in [0.717, 1.165) is 32.2 Å². The van der Waals surface area contributed by atoms with Crippen LogP contribution >= 0.6 is 0 Å². The Bertz CT molecular complexity index is 561. The van der Waals surface area contributed by atoms with Gasteiger partial charge in [0.25, 0.3) is 5.91 Å². The predicted octanol–water partition coefficient (Wildman–Crippen LogP) is 1.42. The third kappa shape index (κ3) is 2.32. The number of aromatic nitrogens is 1. The smallest absolute Gasteiger partial charge is 0.259 e. The second kappa shape index (κ2) is 5.16. The Morgan fingerprint density at radius 1 is 1.29 bits per heavy atom. The first-order valence-corrected chi connectivity index (χ1v) is 7.54. The molecule has 0 saturated carbocycles. The molecule has 6 heteroatoms. The zero-order chi connectivity index (χ0) is 15.0. The maximum Gasteiger partial charge on any atom is 0.259 e. The molecule has 1 unspecified atom stereocenters. The Labute approximate surface area is 123 Å². The first-order chi connectivity index (χ1) is 10.0. The van der Waals surface area contributed by atoms with Crippen LogP contribution in [0.1, 0.15) is 47.5 Å². The fourth-order valence-corrected chi connectivity index (χ4v) is 3.54. The van der Waals surface area contributed by atoms with Crippen LogP contribution in [0, 0.1) is 19.3 Å². The van der Waals surface area contributed by atoms with Gasteiger partial charge in [-0.1, -0.05) is 5.16 Å². The average molecular weight is 291 g/mol. The van der Waals surface area contributed by atoms with Crippen molar-refractivity contribution < 1.29 is 14.1 Å². The molecule has 1 spiro atoms. The SMILES string of the molecule is Cc1noc(C)c1C(=O)N1CCCC2(CCNC2=O)CC1. The minimum atomic E-state index is -0.256. The molecule has 1 N–H and O–H groups in total. The largest absolute Gasteiger partial charge is 0.361 e. The van der Waals surface area contributed by atoms with Gasteiger partial charge in [0.2, 0.25) is 5.91 Å². The Morgan fingerprint density at radius 2 is 2.10 bits per heavy atom. The molecule has 0 aliphatic carbocycles. The molecule has 2 aliphatic rings. The van der Waals surface area contributed by atoms with E-state index in [1.807, 2.05) is 4.90 Å². The maximum absolute atomic E-state index is 12.7. The zero-order valence-electron chi connectivity index (χ0n) is 12.6. The first-order valence-electron chi connectivity index (χ1n) is 7.54. The fraction of sp³-hybridized carbons (Fsp3) is 0.667. The summed E-state index contributed by atoms with van der Waals surface area (Å²) in [4.78, 5) is 26.6. The Kier molecular flexibility index (Phi) is 3.47. The van der Waals surface area contributed by atoms with E-state index in [-0.39, 0.29) is 17.2 Å². The van der Waals surface area contributed by atoms with Gasteiger partial charge in [0, 0.05) is 19.6 Å². The van der Waals surface area contributed by atoms with Gasteiger partial charge < -0.3 is 14.7 Å². The third-order valence-corrected chi connectivity index (χ3v) is 4.85. The van der Waals surface area contributed by atoms with E-state index in [2.05, 4.69) is 10.5 Å². The molecule has 0 bridgehead atoms. The third-order valence-electron chi connectivity index (χ3n) is 4.85. The van der Waals surface area contributed by atoms with Crippen LogP contribution in [0.5, 0.6) is 0 Å². The molecule has 21 heavy (non-hydrogen) atoms. The molecule has 3 rings (SSSR count). The van der Waals surface area contributed by atoms with E-state index < -0.39 is 0 Å². The van der Waals surface area contributed by atoms with E-state index in [9.17, 15) is 9.59 Å². The number of likely N-dealkylation sites (tertiary alicyclic amines) is 1. The Hall–Kier alpha value is -1.85. The molecular weight excluding hydrogens is 270 g/mol. The van der Waals surface area contributed by atoms with Gasteiger partial charge in [0.05, 0.1) is 11.1 Å². The van der Waals surface area contributed by atoms with Gasteiger partial charge in [-0.3, -0.25) is 9.59 Å². The normalized spacial score (nSPS) is 26.0. The van der Waals surface area contributed by atoms with E-state index in [1.54, 1.807) is 13.8 Å². The number of nitrogens with one attached hydrogen (secondary N) is 1. The summed E-state index contributed by atoms with van der Waals surface area (Å²) in [6.07, 6.45) is 3.36. The lowest BCUT2D eigenvalue weighted by Crippen LogP contribution is -2.35. The number of carbonyl (C=O) groups is 2. The highest BCUT2D eigenvalue weighted by molar-refractivity contribution is 5.96. The topological polar surface area (TPSA) is 75.4 Å². The summed E-state index contributed by atoms with van der Waals surface area (Å²) < 4.78 is 5.09. The fourth-order valence-electron chi connectivity index (χ4n) is 3.54. The summed E-state index contributed by atoms with van der Waals surface area (Å²) >= 11 is 0. The number of nitrogens with zero attached hydrogens (tertiary/aromatic N) is 2. The van der Waals surface area contributed by atoms with Crippen molar-refractivity contribution in [1.29, 1.82) is 0 Å². The average Bonchev–Trinajstić information content (AvgIpc) is 2.87. The number of hydrogen-bond acceptors (Lipinski definition) is 4. The number of carbonyl (C=O) groups excluding carboxylic acids is 2. The summed E-state index contributed by atoms with van der Waals surface area (Å²) in [6, 6.07) is 0. The lowest BCUT2D eigenvalue weighted by molar-refractivity contribution is -0.128. The van der Waals surface area contributed by atoms with Crippen molar-refractivity contribution in [1.82, 2.24) is 15.4 Å². The van der Waals surface area contributed by atoms with E-state index in [4.69, 9.17) is 4.52 Å². The van der Waals surface area contributed by atoms with Gasteiger partial charge in [0.15, 0.2) is 0 Å². The van der Waals surface area contributed by atoms with Gasteiger partial charge in [-0.15, -0.1) is 0 Å². The standard InChI is InChI=1S/C15H21N3O3/c1-10-12(11(2)21-17-10)13(19)18-8-3-4-15(6-9-18)5-7-16-14(15)20/h3-9H2,1-2H3,(H,16,20). The highest BCUT2D eigenvalue weighted by Crippen LogP contribution is 2.38. The van der Waals surface area contributed by atoms with Crippen molar-refractivity contribution in [2.75, 3.05) is 19.6 Å². The van der Waals surface area contributed by atoms with Gasteiger partial charge in [-0.25, -0.2) is 0 Å². The molecule has 6 nitrogen and oxygen atoms in total. The molecule has 2 fully saturated rings. The van der Waals surface area contributed by atoms with Crippen molar-refractivity contribution in [2.24, 2.45) is 5.41 Å². The molecule has 0 aromatic carbocycles. The maximum atomic E-state index is 12.7. The monoisotopic (exact) mass is 291 g/mol. The summed E-state index contributed by atoms with van der Waals surface area (Å²) in [7, 11) is 0. The Balaban J connectivity index is 1.76. The van der Waals surface area contributed by atoms with Crippen LogP contribution < -0.4 is 5.32 Å². The molecule has 2 saturated heterocycles. The number of rotatable bonds is 1. The van der Waals surface area contributed by atoms with Crippen molar-refractivity contribution in [3.63, 3.8) is 0 Å². The molecule has 2 amide bonds. The van der Waals surface area contributed by atoms with E-state index in [1.165, 1.54) is 0 Å². The molecule has 114 valence electrons. The molecular formula is C15H21N3O3. The van der Waals surface area contributed by atoms with Crippen molar-refractivity contribution in [3.8, 4) is 0 Å². The van der Waals surface area contributed by atoms with Crippen LogP contribution in [0.2, 0.25) is 0 Å². The number of amides is 2. The minimum Gasteiger partial charge on any atom is -0.361 e. The van der Waals surface area contributed by atoms with Crippen LogP contribution in [0.4, 0.5) is 0 Å². The highest BCUT2D eigenvalue weighted by atomic mass is 16.5. The summed E-state index contributed by atoms with van der Waals surface area (Å²) in [5.74, 6) is 0.700. The number of hydrogen-bond donors (Lipinski definition) is 1. The van der Waals surface area contributed by atoms with Crippen molar-refractivity contribution >= 4 is 11.8 Å². The van der Waals surface area contributed by atoms with Crippen LogP contribution in [0.15, 0.2) is 4.52 Å². The predicted molar refractivity (Wildman–Crippen MR) is 75.8 cm³/mol. The van der Waals surface area contributed by atoms with Crippen molar-refractivity contribution in [3.05, 3.63) is 17.0 Å². The zero-order valence-corrected chi connectivity index (χ0v) is 12.6. The lowest BCUT2D eigenvalue weighted by Gasteiger charge is -2.24. The molecule has 1 aromatic rings. The molecule has 0 radical (unpaired) electrons. The summed E-state index contributed by atoms with van der Waals surface area (Å²) in [5.41, 5.74) is 0.949. The lowest BCUT2D eigenvalue weighted by atomic mass is 9.79. The quantitative estimate of drug-likeness (QED) is 0.849. The molecule has 3 heterocycles. The minimum absolute atomic E-state index is 0.0262. The molecule has 2 aliphatic heterocycles. The van der Waals surface area contributed by atoms with Gasteiger partial charge >= 0.3 is 0 Å². The Morgan fingerprint density at radius 3 is 2.71 bits per heavy atom. The van der Waals surface area contributed by atoms with E-state index in [0.29, 0.717) is 30.1 Å². The van der Waals surface area contributed by atoms with Crippen LogP contribution in [0.3, 0.4) is 0 Å². The number of aryl methyl sites for hydroxylation is 2. The summed E-state index contributed by atoms with van der Waals surface area (Å²) in [5, 5.41) is 6.78. The van der Waals surface area contributed by atoms with Crippen LogP contribution in [-0.4, -0.2) is 41.5 Å². The van der Waals surface area contributed by atoms with E-state index >= 15 is 0 Å². The first kappa shape index (κ1) is 14.1. The molecule has 1 atom stereocenters. The van der Waals surface area contributed by atoms with Gasteiger partial charge in [-0.2, -0.15) is 0 Å². The van der Waals surface area contributed by atoms with Gasteiger partial charge in [-0.05, 0) is 39.5 Å².